The van der Waals surface area contributed by atoms with Gasteiger partial charge in [0.2, 0.25) is 0 Å². The lowest BCUT2D eigenvalue weighted by atomic mass is 9.68. The van der Waals surface area contributed by atoms with Gasteiger partial charge in [-0.1, -0.05) is 25.4 Å². The summed E-state index contributed by atoms with van der Waals surface area (Å²) in [5, 5.41) is 31.6. The molecule has 0 radical (unpaired) electrons. The number of halogens is 1. The topological polar surface area (TPSA) is 101 Å². The van der Waals surface area contributed by atoms with Gasteiger partial charge in [-0.15, -0.1) is 0 Å². The number of nitrogens with zero attached hydrogens (tertiary/aromatic N) is 2. The summed E-state index contributed by atoms with van der Waals surface area (Å²) in [6.45, 7) is 7.07. The Balaban J connectivity index is 1.71. The first-order valence-electron chi connectivity index (χ1n) is 9.71. The largest absolute Gasteiger partial charge is 0.394 e. The van der Waals surface area contributed by atoms with Gasteiger partial charge in [0.1, 0.15) is 0 Å². The summed E-state index contributed by atoms with van der Waals surface area (Å²) < 4.78 is 0. The Morgan fingerprint density at radius 2 is 2.11 bits per heavy atom. The quantitative estimate of drug-likeness (QED) is 0.610. The number of aromatic amines is 1. The second-order valence-corrected chi connectivity index (χ2v) is 8.78. The summed E-state index contributed by atoms with van der Waals surface area (Å²) in [7, 11) is 0. The van der Waals surface area contributed by atoms with Crippen LogP contribution >= 0.6 is 11.6 Å². The summed E-state index contributed by atoms with van der Waals surface area (Å²) in [6, 6.07) is 3.22. The summed E-state index contributed by atoms with van der Waals surface area (Å²) in [5.74, 6) is 0.249. The highest BCUT2D eigenvalue weighted by atomic mass is 35.5. The van der Waals surface area contributed by atoms with E-state index in [0.717, 1.165) is 29.3 Å². The summed E-state index contributed by atoms with van der Waals surface area (Å²) >= 11 is 6.25. The highest BCUT2D eigenvalue weighted by Crippen LogP contribution is 2.46. The van der Waals surface area contributed by atoms with Crippen LogP contribution in [0.5, 0.6) is 0 Å². The van der Waals surface area contributed by atoms with Gasteiger partial charge in [0, 0.05) is 29.1 Å². The molecule has 0 aliphatic carbocycles. The average molecular weight is 409 g/mol. The lowest BCUT2D eigenvalue weighted by Gasteiger charge is -2.43. The third-order valence-corrected chi connectivity index (χ3v) is 6.24. The number of carbonyl (C=O) groups excluding carboxylic acids is 1. The van der Waals surface area contributed by atoms with Crippen molar-refractivity contribution in [3.8, 4) is 0 Å². The SMILES string of the molecule is C[C@H](CO)NC(=O)N1CCC(C(C)(C)[C@H](O)c2cc(Cl)cc3cn[nH]c23)CC1. The number of aliphatic hydroxyl groups is 2. The van der Waals surface area contributed by atoms with E-state index in [9.17, 15) is 9.90 Å². The summed E-state index contributed by atoms with van der Waals surface area (Å²) in [5.41, 5.74) is 1.16. The Labute approximate surface area is 170 Å². The van der Waals surface area contributed by atoms with Gasteiger partial charge in [0.05, 0.1) is 30.5 Å². The molecule has 28 heavy (non-hydrogen) atoms. The Kier molecular flexibility index (Phi) is 6.17. The molecule has 2 atom stereocenters. The first kappa shape index (κ1) is 20.9. The van der Waals surface area contributed by atoms with Crippen LogP contribution in [0.3, 0.4) is 0 Å². The summed E-state index contributed by atoms with van der Waals surface area (Å²) in [6.07, 6.45) is 2.60. The Morgan fingerprint density at radius 3 is 2.75 bits per heavy atom. The van der Waals surface area contributed by atoms with Gasteiger partial charge in [0.25, 0.3) is 0 Å². The molecular formula is C20H29ClN4O3. The molecule has 154 valence electrons. The van der Waals surface area contributed by atoms with Crippen LogP contribution in [0.15, 0.2) is 18.3 Å². The van der Waals surface area contributed by atoms with Crippen molar-refractivity contribution in [3.05, 3.63) is 28.9 Å². The second-order valence-electron chi connectivity index (χ2n) is 8.35. The Hall–Kier alpha value is -1.83. The molecular weight excluding hydrogens is 380 g/mol. The van der Waals surface area contributed by atoms with Crippen molar-refractivity contribution in [1.29, 1.82) is 0 Å². The van der Waals surface area contributed by atoms with Crippen molar-refractivity contribution in [2.45, 2.75) is 45.8 Å². The first-order valence-corrected chi connectivity index (χ1v) is 10.1. The van der Waals surface area contributed by atoms with Crippen LogP contribution in [0.2, 0.25) is 5.02 Å². The van der Waals surface area contributed by atoms with E-state index in [4.69, 9.17) is 16.7 Å². The molecule has 2 heterocycles. The molecule has 0 bridgehead atoms. The van der Waals surface area contributed by atoms with Crippen molar-refractivity contribution in [2.75, 3.05) is 19.7 Å². The Bertz CT molecular complexity index is 830. The van der Waals surface area contributed by atoms with Crippen LogP contribution in [-0.2, 0) is 0 Å². The van der Waals surface area contributed by atoms with Crippen LogP contribution in [0, 0.1) is 11.3 Å². The molecule has 0 unspecified atom stereocenters. The van der Waals surface area contributed by atoms with E-state index in [1.807, 2.05) is 6.07 Å². The minimum Gasteiger partial charge on any atom is -0.394 e. The van der Waals surface area contributed by atoms with E-state index in [1.54, 1.807) is 24.1 Å². The zero-order valence-corrected chi connectivity index (χ0v) is 17.3. The first-order chi connectivity index (χ1) is 13.2. The molecule has 4 N–H and O–H groups in total. The number of nitrogens with one attached hydrogen (secondary N) is 2. The van der Waals surface area contributed by atoms with E-state index in [-0.39, 0.29) is 24.6 Å². The zero-order valence-electron chi connectivity index (χ0n) is 16.6. The molecule has 3 rings (SSSR count). The standard InChI is InChI=1S/C20H29ClN4O3/c1-12(11-26)23-19(28)25-6-4-14(5-7-25)20(2,3)18(27)16-9-15(21)8-13-10-22-24-17(13)16/h8-10,12,14,18,26-27H,4-7,11H2,1-3H3,(H,22,24)(H,23,28)/t12-,18-/m1/s1. The maximum Gasteiger partial charge on any atom is 0.317 e. The van der Waals surface area contributed by atoms with E-state index in [0.29, 0.717) is 18.1 Å². The van der Waals surface area contributed by atoms with Gasteiger partial charge in [-0.2, -0.15) is 5.10 Å². The monoisotopic (exact) mass is 408 g/mol. The van der Waals surface area contributed by atoms with Gasteiger partial charge < -0.3 is 20.4 Å². The van der Waals surface area contributed by atoms with Crippen LogP contribution < -0.4 is 5.32 Å². The van der Waals surface area contributed by atoms with E-state index in [2.05, 4.69) is 29.4 Å². The maximum atomic E-state index is 12.3. The van der Waals surface area contributed by atoms with E-state index >= 15 is 0 Å². The second kappa shape index (κ2) is 8.27. The molecule has 1 aliphatic heterocycles. The number of likely N-dealkylation sites (tertiary alicyclic amines) is 1. The Morgan fingerprint density at radius 1 is 1.43 bits per heavy atom. The number of aromatic nitrogens is 2. The molecule has 1 aliphatic rings. The average Bonchev–Trinajstić information content (AvgIpc) is 3.14. The van der Waals surface area contributed by atoms with E-state index < -0.39 is 11.5 Å². The fourth-order valence-electron chi connectivity index (χ4n) is 4.06. The lowest BCUT2D eigenvalue weighted by Crippen LogP contribution is -2.49. The van der Waals surface area contributed by atoms with Gasteiger partial charge in [-0.25, -0.2) is 4.79 Å². The molecule has 1 aromatic carbocycles. The molecule has 0 spiro atoms. The van der Waals surface area contributed by atoms with Gasteiger partial charge in [-0.3, -0.25) is 5.10 Å². The van der Waals surface area contributed by atoms with Gasteiger partial charge >= 0.3 is 6.03 Å². The third kappa shape index (κ3) is 4.11. The fraction of sp³-hybridized carbons (Fsp3) is 0.600. The number of hydrogen-bond donors (Lipinski definition) is 4. The molecule has 1 aromatic heterocycles. The highest BCUT2D eigenvalue weighted by Gasteiger charge is 2.40. The number of carbonyl (C=O) groups is 1. The predicted octanol–water partition coefficient (Wildman–Crippen LogP) is 3.08. The number of benzene rings is 1. The lowest BCUT2D eigenvalue weighted by molar-refractivity contribution is -0.0144. The molecule has 8 heteroatoms. The molecule has 0 saturated carbocycles. The van der Waals surface area contributed by atoms with Gasteiger partial charge in [-0.05, 0) is 43.2 Å². The summed E-state index contributed by atoms with van der Waals surface area (Å²) in [4.78, 5) is 14.0. The number of urea groups is 1. The molecule has 2 amide bonds. The zero-order chi connectivity index (χ0) is 20.5. The van der Waals surface area contributed by atoms with Crippen molar-refractivity contribution in [3.63, 3.8) is 0 Å². The van der Waals surface area contributed by atoms with Crippen LogP contribution in [-0.4, -0.2) is 57.1 Å². The molecule has 1 fully saturated rings. The number of piperidine rings is 1. The molecule has 7 nitrogen and oxygen atoms in total. The maximum absolute atomic E-state index is 12.3. The van der Waals surface area contributed by atoms with Crippen molar-refractivity contribution >= 4 is 28.5 Å². The van der Waals surface area contributed by atoms with Crippen LogP contribution in [0.25, 0.3) is 10.9 Å². The molecule has 1 saturated heterocycles. The van der Waals surface area contributed by atoms with Crippen molar-refractivity contribution in [2.24, 2.45) is 11.3 Å². The molecule has 2 aromatic rings. The van der Waals surface area contributed by atoms with Gasteiger partial charge in [0.15, 0.2) is 0 Å². The number of hydrogen-bond acceptors (Lipinski definition) is 4. The number of rotatable bonds is 5. The number of aliphatic hydroxyl groups excluding tert-OH is 2. The highest BCUT2D eigenvalue weighted by molar-refractivity contribution is 6.31. The third-order valence-electron chi connectivity index (χ3n) is 6.02. The number of amides is 2. The fourth-order valence-corrected chi connectivity index (χ4v) is 4.30. The van der Waals surface area contributed by atoms with E-state index in [1.165, 1.54) is 0 Å². The number of fused-ring (bicyclic) bond motifs is 1. The van der Waals surface area contributed by atoms with Crippen molar-refractivity contribution < 1.29 is 15.0 Å². The van der Waals surface area contributed by atoms with Crippen LogP contribution in [0.4, 0.5) is 4.79 Å². The van der Waals surface area contributed by atoms with Crippen LogP contribution in [0.1, 0.15) is 45.3 Å². The predicted molar refractivity (Wildman–Crippen MR) is 109 cm³/mol. The smallest absolute Gasteiger partial charge is 0.317 e. The minimum absolute atomic E-state index is 0.0802. The minimum atomic E-state index is -0.714. The number of H-pyrrole nitrogens is 1. The van der Waals surface area contributed by atoms with Crippen molar-refractivity contribution in [1.82, 2.24) is 20.4 Å². The normalized spacial score (nSPS) is 18.3.